The highest BCUT2D eigenvalue weighted by Crippen LogP contribution is 2.00. The molecule has 4 heteroatoms. The summed E-state index contributed by atoms with van der Waals surface area (Å²) in [6.07, 6.45) is 0.791. The van der Waals surface area contributed by atoms with Crippen molar-refractivity contribution in [2.24, 2.45) is 5.92 Å². The zero-order valence-corrected chi connectivity index (χ0v) is 8.04. The van der Waals surface area contributed by atoms with Crippen molar-refractivity contribution in [1.29, 1.82) is 0 Å². The fraction of sp³-hybridized carbons (Fsp3) is 0.667. The first-order chi connectivity index (χ1) is 6.11. The molecule has 0 bridgehead atoms. The predicted octanol–water partition coefficient (Wildman–Crippen LogP) is 0.953. The minimum absolute atomic E-state index is 0.0749. The van der Waals surface area contributed by atoms with Crippen molar-refractivity contribution in [3.05, 3.63) is 6.92 Å². The summed E-state index contributed by atoms with van der Waals surface area (Å²) in [6, 6.07) is 0. The fourth-order valence-corrected chi connectivity index (χ4v) is 0.704. The second-order valence-electron chi connectivity index (χ2n) is 2.71. The van der Waals surface area contributed by atoms with Gasteiger partial charge >= 0.3 is 11.9 Å². The van der Waals surface area contributed by atoms with Gasteiger partial charge in [-0.2, -0.15) is 0 Å². The Morgan fingerprint density at radius 3 is 2.54 bits per heavy atom. The van der Waals surface area contributed by atoms with Crippen LogP contribution in [0.1, 0.15) is 19.8 Å². The van der Waals surface area contributed by atoms with Crippen molar-refractivity contribution in [2.45, 2.75) is 19.8 Å². The molecule has 0 aromatic rings. The lowest BCUT2D eigenvalue weighted by atomic mass is 10.2. The molecule has 0 amide bonds. The van der Waals surface area contributed by atoms with Crippen LogP contribution in [0.5, 0.6) is 0 Å². The lowest BCUT2D eigenvalue weighted by molar-refractivity contribution is -0.152. The maximum absolute atomic E-state index is 10.9. The SMILES string of the molecule is [CH2]CCC(=O)OCC(C)C(=O)OC. The van der Waals surface area contributed by atoms with E-state index in [9.17, 15) is 9.59 Å². The molecule has 0 N–H and O–H groups in total. The van der Waals surface area contributed by atoms with Crippen LogP contribution in [0.3, 0.4) is 0 Å². The van der Waals surface area contributed by atoms with Crippen molar-refractivity contribution >= 4 is 11.9 Å². The average molecular weight is 187 g/mol. The van der Waals surface area contributed by atoms with Gasteiger partial charge in [0.15, 0.2) is 0 Å². The first-order valence-electron chi connectivity index (χ1n) is 4.14. The molecule has 13 heavy (non-hydrogen) atoms. The van der Waals surface area contributed by atoms with Crippen LogP contribution in [0.25, 0.3) is 0 Å². The molecule has 0 saturated heterocycles. The molecule has 0 aromatic carbocycles. The number of carbonyl (C=O) groups excluding carboxylic acids is 2. The van der Waals surface area contributed by atoms with Crippen LogP contribution in [0.2, 0.25) is 0 Å². The van der Waals surface area contributed by atoms with Crippen molar-refractivity contribution in [3.8, 4) is 0 Å². The van der Waals surface area contributed by atoms with E-state index in [1.54, 1.807) is 6.92 Å². The summed E-state index contributed by atoms with van der Waals surface area (Å²) in [5, 5.41) is 0. The molecule has 1 radical (unpaired) electrons. The second-order valence-corrected chi connectivity index (χ2v) is 2.71. The van der Waals surface area contributed by atoms with Gasteiger partial charge in [0.05, 0.1) is 13.0 Å². The zero-order valence-electron chi connectivity index (χ0n) is 8.04. The van der Waals surface area contributed by atoms with Gasteiger partial charge in [0.1, 0.15) is 6.61 Å². The summed E-state index contributed by atoms with van der Waals surface area (Å²) in [7, 11) is 1.30. The van der Waals surface area contributed by atoms with Crippen molar-refractivity contribution in [2.75, 3.05) is 13.7 Å². The monoisotopic (exact) mass is 187 g/mol. The molecule has 0 aromatic heterocycles. The van der Waals surface area contributed by atoms with Gasteiger partial charge in [-0.05, 0) is 13.3 Å². The van der Waals surface area contributed by atoms with E-state index in [0.717, 1.165) is 0 Å². The molecular weight excluding hydrogens is 172 g/mol. The van der Waals surface area contributed by atoms with Gasteiger partial charge in [-0.1, -0.05) is 6.92 Å². The first-order valence-corrected chi connectivity index (χ1v) is 4.14. The quantitative estimate of drug-likeness (QED) is 0.601. The minimum Gasteiger partial charge on any atom is -0.469 e. The largest absolute Gasteiger partial charge is 0.469 e. The predicted molar refractivity (Wildman–Crippen MR) is 46.7 cm³/mol. The highest BCUT2D eigenvalue weighted by atomic mass is 16.5. The topological polar surface area (TPSA) is 52.6 Å². The molecule has 0 fully saturated rings. The molecular formula is C9H15O4. The Labute approximate surface area is 78.2 Å². The number of carbonyl (C=O) groups is 2. The van der Waals surface area contributed by atoms with Gasteiger partial charge in [0.25, 0.3) is 0 Å². The maximum Gasteiger partial charge on any atom is 0.311 e. The molecule has 0 aliphatic heterocycles. The van der Waals surface area contributed by atoms with E-state index in [0.29, 0.717) is 6.42 Å². The molecule has 0 spiro atoms. The normalized spacial score (nSPS) is 11.9. The van der Waals surface area contributed by atoms with Crippen LogP contribution in [0.4, 0.5) is 0 Å². The van der Waals surface area contributed by atoms with Crippen molar-refractivity contribution in [1.82, 2.24) is 0 Å². The molecule has 1 atom stereocenters. The van der Waals surface area contributed by atoms with Crippen LogP contribution < -0.4 is 0 Å². The van der Waals surface area contributed by atoms with E-state index in [1.807, 2.05) is 0 Å². The summed E-state index contributed by atoms with van der Waals surface area (Å²) in [4.78, 5) is 21.7. The smallest absolute Gasteiger partial charge is 0.311 e. The molecule has 0 rings (SSSR count). The van der Waals surface area contributed by atoms with Gasteiger partial charge < -0.3 is 9.47 Å². The number of rotatable bonds is 5. The van der Waals surface area contributed by atoms with Crippen LogP contribution in [-0.2, 0) is 19.1 Å². The molecule has 0 saturated carbocycles. The van der Waals surface area contributed by atoms with Crippen molar-refractivity contribution in [3.63, 3.8) is 0 Å². The van der Waals surface area contributed by atoms with E-state index in [4.69, 9.17) is 4.74 Å². The Kier molecular flexibility index (Phi) is 5.93. The van der Waals surface area contributed by atoms with Crippen LogP contribution in [0.15, 0.2) is 0 Å². The van der Waals surface area contributed by atoms with Gasteiger partial charge in [-0.3, -0.25) is 9.59 Å². The van der Waals surface area contributed by atoms with E-state index < -0.39 is 5.92 Å². The van der Waals surface area contributed by atoms with Gasteiger partial charge in [-0.15, -0.1) is 0 Å². The Bertz CT molecular complexity index is 176. The lowest BCUT2D eigenvalue weighted by Crippen LogP contribution is -2.20. The summed E-state index contributed by atoms with van der Waals surface area (Å²) >= 11 is 0. The second kappa shape index (κ2) is 6.46. The van der Waals surface area contributed by atoms with E-state index >= 15 is 0 Å². The van der Waals surface area contributed by atoms with Crippen LogP contribution in [-0.4, -0.2) is 25.7 Å². The molecule has 4 nitrogen and oxygen atoms in total. The van der Waals surface area contributed by atoms with Gasteiger partial charge in [0, 0.05) is 6.42 Å². The molecule has 0 heterocycles. The fourth-order valence-electron chi connectivity index (χ4n) is 0.704. The average Bonchev–Trinajstić information content (AvgIpc) is 2.13. The van der Waals surface area contributed by atoms with E-state index in [-0.39, 0.29) is 25.0 Å². The van der Waals surface area contributed by atoms with Gasteiger partial charge in [-0.25, -0.2) is 0 Å². The third-order valence-corrected chi connectivity index (χ3v) is 1.48. The maximum atomic E-state index is 10.9. The Morgan fingerprint density at radius 2 is 2.08 bits per heavy atom. The molecule has 75 valence electrons. The summed E-state index contributed by atoms with van der Waals surface area (Å²) < 4.78 is 9.25. The summed E-state index contributed by atoms with van der Waals surface area (Å²) in [5.74, 6) is -1.10. The third-order valence-electron chi connectivity index (χ3n) is 1.48. The number of hydrogen-bond donors (Lipinski definition) is 0. The highest BCUT2D eigenvalue weighted by Gasteiger charge is 2.14. The lowest BCUT2D eigenvalue weighted by Gasteiger charge is -2.09. The zero-order chi connectivity index (χ0) is 10.3. The molecule has 1 unspecified atom stereocenters. The summed E-state index contributed by atoms with van der Waals surface area (Å²) in [6.45, 7) is 5.23. The first kappa shape index (κ1) is 11.9. The Morgan fingerprint density at radius 1 is 1.46 bits per heavy atom. The Balaban J connectivity index is 3.63. The molecule has 0 aliphatic rings. The minimum atomic E-state index is -0.404. The number of ether oxygens (including phenoxy) is 2. The number of methoxy groups -OCH3 is 1. The molecule has 0 aliphatic carbocycles. The van der Waals surface area contributed by atoms with E-state index in [2.05, 4.69) is 11.7 Å². The van der Waals surface area contributed by atoms with E-state index in [1.165, 1.54) is 7.11 Å². The highest BCUT2D eigenvalue weighted by molar-refractivity contribution is 5.73. The number of esters is 2. The summed E-state index contributed by atoms with van der Waals surface area (Å²) in [5.41, 5.74) is 0. The Hall–Kier alpha value is -1.06. The standard InChI is InChI=1S/C9H15O4/c1-4-5-8(10)13-6-7(2)9(11)12-3/h7H,1,4-6H2,2-3H3. The van der Waals surface area contributed by atoms with Crippen molar-refractivity contribution < 1.29 is 19.1 Å². The van der Waals surface area contributed by atoms with Gasteiger partial charge in [0.2, 0.25) is 0 Å². The third kappa shape index (κ3) is 5.22. The number of hydrogen-bond acceptors (Lipinski definition) is 4. The van der Waals surface area contributed by atoms with Crippen LogP contribution in [0, 0.1) is 12.8 Å². The van der Waals surface area contributed by atoms with Crippen LogP contribution >= 0.6 is 0 Å².